The Bertz CT molecular complexity index is 1030. The Kier molecular flexibility index (Phi) is 5.21. The number of aromatic nitrogens is 1. The molecule has 4 rings (SSSR count). The van der Waals surface area contributed by atoms with E-state index in [4.69, 9.17) is 4.74 Å². The third-order valence-corrected chi connectivity index (χ3v) is 5.23. The van der Waals surface area contributed by atoms with E-state index in [1.807, 2.05) is 50.2 Å². The van der Waals surface area contributed by atoms with Gasteiger partial charge in [0, 0.05) is 28.7 Å². The lowest BCUT2D eigenvalue weighted by atomic mass is 10.1. The van der Waals surface area contributed by atoms with Crippen LogP contribution in [0.3, 0.4) is 0 Å². The maximum atomic E-state index is 12.5. The summed E-state index contributed by atoms with van der Waals surface area (Å²) in [5, 5.41) is 2.85. The Hall–Kier alpha value is -3.34. The third-order valence-electron chi connectivity index (χ3n) is 5.23. The van der Waals surface area contributed by atoms with Gasteiger partial charge in [-0.05, 0) is 62.6 Å². The SMILES string of the molecule is Cc1cc(C(=O)OCc2ccc(C(=O)Nc3ccccc3)cc2)c(C)n1C1CC1. The predicted molar refractivity (Wildman–Crippen MR) is 112 cm³/mol. The molecule has 148 valence electrons. The number of anilines is 1. The van der Waals surface area contributed by atoms with E-state index in [2.05, 4.69) is 9.88 Å². The van der Waals surface area contributed by atoms with Gasteiger partial charge in [0.25, 0.3) is 5.91 Å². The molecule has 1 N–H and O–H groups in total. The van der Waals surface area contributed by atoms with Crippen molar-refractivity contribution in [1.82, 2.24) is 4.57 Å². The number of esters is 1. The first-order chi connectivity index (χ1) is 14.0. The minimum atomic E-state index is -0.309. The monoisotopic (exact) mass is 388 g/mol. The number of carbonyl (C=O) groups excluding carboxylic acids is 2. The Morgan fingerprint density at radius 3 is 2.38 bits per heavy atom. The molecule has 3 aromatic rings. The summed E-state index contributed by atoms with van der Waals surface area (Å²) in [6.45, 7) is 4.18. The third kappa shape index (κ3) is 4.24. The van der Waals surface area contributed by atoms with Crippen molar-refractivity contribution < 1.29 is 14.3 Å². The molecule has 0 aliphatic heterocycles. The van der Waals surface area contributed by atoms with E-state index >= 15 is 0 Å². The molecule has 5 nitrogen and oxygen atoms in total. The summed E-state index contributed by atoms with van der Waals surface area (Å²) in [5.74, 6) is -0.483. The molecule has 1 saturated carbocycles. The molecule has 5 heteroatoms. The highest BCUT2D eigenvalue weighted by Crippen LogP contribution is 2.38. The molecule has 2 aromatic carbocycles. The zero-order valence-corrected chi connectivity index (χ0v) is 16.6. The summed E-state index contributed by atoms with van der Waals surface area (Å²) in [6.07, 6.45) is 2.35. The van der Waals surface area contributed by atoms with Crippen LogP contribution in [-0.4, -0.2) is 16.4 Å². The molecule has 0 saturated heterocycles. The van der Waals surface area contributed by atoms with E-state index in [9.17, 15) is 9.59 Å². The molecule has 0 spiro atoms. The second kappa shape index (κ2) is 7.95. The number of nitrogens with one attached hydrogen (secondary N) is 1. The first-order valence-corrected chi connectivity index (χ1v) is 9.84. The largest absolute Gasteiger partial charge is 0.457 e. The van der Waals surface area contributed by atoms with Crippen molar-refractivity contribution in [1.29, 1.82) is 0 Å². The predicted octanol–water partition coefficient (Wildman–Crippen LogP) is 5.05. The van der Waals surface area contributed by atoms with E-state index in [1.165, 1.54) is 12.8 Å². The lowest BCUT2D eigenvalue weighted by Gasteiger charge is -2.09. The molecule has 1 heterocycles. The Morgan fingerprint density at radius 1 is 1.03 bits per heavy atom. The molecule has 29 heavy (non-hydrogen) atoms. The summed E-state index contributed by atoms with van der Waals surface area (Å²) in [4.78, 5) is 24.8. The lowest BCUT2D eigenvalue weighted by molar-refractivity contribution is 0.0471. The van der Waals surface area contributed by atoms with Crippen molar-refractivity contribution in [3.05, 3.63) is 88.7 Å². The second-order valence-corrected chi connectivity index (χ2v) is 7.48. The van der Waals surface area contributed by atoms with E-state index in [-0.39, 0.29) is 18.5 Å². The normalized spacial score (nSPS) is 13.2. The Labute approximate surface area is 170 Å². The number of hydrogen-bond donors (Lipinski definition) is 1. The van der Waals surface area contributed by atoms with Gasteiger partial charge in [-0.3, -0.25) is 4.79 Å². The molecule has 0 bridgehead atoms. The van der Waals surface area contributed by atoms with Crippen LogP contribution in [0, 0.1) is 13.8 Å². The molecule has 1 aliphatic rings. The number of nitrogens with zero attached hydrogens (tertiary/aromatic N) is 1. The fourth-order valence-electron chi connectivity index (χ4n) is 3.58. The average molecular weight is 388 g/mol. The molecule has 1 fully saturated rings. The van der Waals surface area contributed by atoms with E-state index in [0.717, 1.165) is 22.6 Å². The fourth-order valence-corrected chi connectivity index (χ4v) is 3.58. The topological polar surface area (TPSA) is 60.3 Å². The molecule has 0 atom stereocenters. The number of aryl methyl sites for hydroxylation is 1. The zero-order valence-electron chi connectivity index (χ0n) is 16.6. The Morgan fingerprint density at radius 2 is 1.72 bits per heavy atom. The number of benzene rings is 2. The van der Waals surface area contributed by atoms with Gasteiger partial charge >= 0.3 is 5.97 Å². The van der Waals surface area contributed by atoms with Crippen molar-refractivity contribution in [2.24, 2.45) is 0 Å². The summed E-state index contributed by atoms with van der Waals surface area (Å²) in [6, 6.07) is 18.8. The Balaban J connectivity index is 1.36. The number of hydrogen-bond acceptors (Lipinski definition) is 3. The van der Waals surface area contributed by atoms with Crippen LogP contribution < -0.4 is 5.32 Å². The molecule has 0 radical (unpaired) electrons. The highest BCUT2D eigenvalue weighted by Gasteiger charge is 2.28. The van der Waals surface area contributed by atoms with Crippen molar-refractivity contribution in [3.8, 4) is 0 Å². The smallest absolute Gasteiger partial charge is 0.340 e. The van der Waals surface area contributed by atoms with Crippen LogP contribution >= 0.6 is 0 Å². The lowest BCUT2D eigenvalue weighted by Crippen LogP contribution is -2.12. The number of rotatable bonds is 6. The number of para-hydroxylation sites is 1. The average Bonchev–Trinajstić information content (AvgIpc) is 3.51. The van der Waals surface area contributed by atoms with Crippen molar-refractivity contribution in [2.75, 3.05) is 5.32 Å². The second-order valence-electron chi connectivity index (χ2n) is 7.48. The van der Waals surface area contributed by atoms with Gasteiger partial charge in [0.05, 0.1) is 5.56 Å². The molecular formula is C24H24N2O3. The van der Waals surface area contributed by atoms with Crippen LogP contribution in [0.15, 0.2) is 60.7 Å². The van der Waals surface area contributed by atoms with Crippen molar-refractivity contribution >= 4 is 17.6 Å². The van der Waals surface area contributed by atoms with Gasteiger partial charge in [-0.25, -0.2) is 4.79 Å². The van der Waals surface area contributed by atoms with Gasteiger partial charge in [-0.1, -0.05) is 30.3 Å². The standard InChI is InChI=1S/C24H24N2O3/c1-16-14-22(17(2)26(16)21-12-13-21)24(28)29-15-18-8-10-19(11-9-18)23(27)25-20-6-4-3-5-7-20/h3-11,14,21H,12-13,15H2,1-2H3,(H,25,27). The van der Waals surface area contributed by atoms with Gasteiger partial charge in [-0.15, -0.1) is 0 Å². The van der Waals surface area contributed by atoms with Crippen LogP contribution in [0.5, 0.6) is 0 Å². The van der Waals surface area contributed by atoms with Gasteiger partial charge in [0.1, 0.15) is 6.61 Å². The van der Waals surface area contributed by atoms with Gasteiger partial charge in [0.15, 0.2) is 0 Å². The molecular weight excluding hydrogens is 364 g/mol. The van der Waals surface area contributed by atoms with Crippen LogP contribution in [0.2, 0.25) is 0 Å². The van der Waals surface area contributed by atoms with Crippen LogP contribution in [0.4, 0.5) is 5.69 Å². The van der Waals surface area contributed by atoms with Crippen molar-refractivity contribution in [3.63, 3.8) is 0 Å². The van der Waals surface area contributed by atoms with Gasteiger partial charge in [-0.2, -0.15) is 0 Å². The summed E-state index contributed by atoms with van der Waals surface area (Å²) in [5.41, 5.74) is 4.85. The summed E-state index contributed by atoms with van der Waals surface area (Å²) >= 11 is 0. The van der Waals surface area contributed by atoms with Crippen LogP contribution in [0.1, 0.15) is 56.6 Å². The fraction of sp³-hybridized carbons (Fsp3) is 0.250. The highest BCUT2D eigenvalue weighted by atomic mass is 16.5. The maximum Gasteiger partial charge on any atom is 0.340 e. The van der Waals surface area contributed by atoms with E-state index in [1.54, 1.807) is 24.3 Å². The molecule has 1 aromatic heterocycles. The van der Waals surface area contributed by atoms with Gasteiger partial charge in [0.2, 0.25) is 0 Å². The minimum absolute atomic E-state index is 0.173. The summed E-state index contributed by atoms with van der Waals surface area (Å²) < 4.78 is 7.74. The van der Waals surface area contributed by atoms with Crippen LogP contribution in [-0.2, 0) is 11.3 Å². The van der Waals surface area contributed by atoms with E-state index in [0.29, 0.717) is 17.2 Å². The molecule has 1 amide bonds. The van der Waals surface area contributed by atoms with Crippen LogP contribution in [0.25, 0.3) is 0 Å². The molecule has 1 aliphatic carbocycles. The summed E-state index contributed by atoms with van der Waals surface area (Å²) in [7, 11) is 0. The van der Waals surface area contributed by atoms with Gasteiger partial charge < -0.3 is 14.6 Å². The zero-order chi connectivity index (χ0) is 20.4. The first kappa shape index (κ1) is 19.0. The minimum Gasteiger partial charge on any atom is -0.457 e. The highest BCUT2D eigenvalue weighted by molar-refractivity contribution is 6.04. The van der Waals surface area contributed by atoms with Crippen molar-refractivity contribution in [2.45, 2.75) is 39.3 Å². The number of amides is 1. The van der Waals surface area contributed by atoms with E-state index < -0.39 is 0 Å². The molecule has 0 unspecified atom stereocenters. The number of ether oxygens (including phenoxy) is 1. The maximum absolute atomic E-state index is 12.5. The first-order valence-electron chi connectivity index (χ1n) is 9.84. The quantitative estimate of drug-likeness (QED) is 0.601. The number of carbonyl (C=O) groups is 2.